The van der Waals surface area contributed by atoms with Crippen LogP contribution in [-0.2, 0) is 24.1 Å². The second kappa shape index (κ2) is 11.2. The van der Waals surface area contributed by atoms with E-state index in [0.717, 1.165) is 101 Å². The molecule has 0 bridgehead atoms. The lowest BCUT2D eigenvalue weighted by molar-refractivity contribution is 0.0381. The summed E-state index contributed by atoms with van der Waals surface area (Å²) in [6, 6.07) is 0.437. The van der Waals surface area contributed by atoms with Crippen LogP contribution >= 0.6 is 22.6 Å². The summed E-state index contributed by atoms with van der Waals surface area (Å²) >= 11 is 2.40. The van der Waals surface area contributed by atoms with E-state index in [4.69, 9.17) is 9.84 Å². The van der Waals surface area contributed by atoms with Crippen LogP contribution in [0.25, 0.3) is 0 Å². The minimum atomic E-state index is 0.161. The van der Waals surface area contributed by atoms with Crippen molar-refractivity contribution in [3.8, 4) is 0 Å². The van der Waals surface area contributed by atoms with Gasteiger partial charge in [0, 0.05) is 61.0 Å². The maximum absolute atomic E-state index is 13.4. The molecular formula is C22H36IN5O2. The van der Waals surface area contributed by atoms with Gasteiger partial charge < -0.3 is 15.0 Å². The van der Waals surface area contributed by atoms with Crippen LogP contribution in [0.5, 0.6) is 0 Å². The third kappa shape index (κ3) is 5.55. The number of halogens is 1. The number of amides is 1. The van der Waals surface area contributed by atoms with E-state index in [1.807, 2.05) is 0 Å². The predicted molar refractivity (Wildman–Crippen MR) is 127 cm³/mol. The van der Waals surface area contributed by atoms with E-state index >= 15 is 0 Å². The van der Waals surface area contributed by atoms with Crippen molar-refractivity contribution in [2.24, 2.45) is 0 Å². The zero-order valence-corrected chi connectivity index (χ0v) is 20.2. The standard InChI is InChI=1S/C22H36IN5O2/c23-7-11-28-20-6-5-18(24-8-12-26-13-15-30-16-14-26)17-19(20)21(25-28)22(29)27-9-3-1-2-4-10-27/h18,24H,1-17H2. The average molecular weight is 529 g/mol. The third-order valence-electron chi connectivity index (χ3n) is 6.70. The van der Waals surface area contributed by atoms with Gasteiger partial charge in [-0.2, -0.15) is 5.10 Å². The summed E-state index contributed by atoms with van der Waals surface area (Å²) in [6.07, 6.45) is 7.78. The lowest BCUT2D eigenvalue weighted by Gasteiger charge is -2.29. The van der Waals surface area contributed by atoms with Crippen molar-refractivity contribution in [2.75, 3.05) is 56.9 Å². The fourth-order valence-corrected chi connectivity index (χ4v) is 5.43. The number of nitrogens with one attached hydrogen (secondary N) is 1. The first-order valence-electron chi connectivity index (χ1n) is 11.7. The summed E-state index contributed by atoms with van der Waals surface area (Å²) in [5, 5.41) is 8.61. The number of hydrogen-bond acceptors (Lipinski definition) is 5. The van der Waals surface area contributed by atoms with Crippen LogP contribution in [0.3, 0.4) is 0 Å². The number of alkyl halides is 1. The molecule has 3 aliphatic rings. The largest absolute Gasteiger partial charge is 0.379 e. The molecule has 7 nitrogen and oxygen atoms in total. The summed E-state index contributed by atoms with van der Waals surface area (Å²) in [5.41, 5.74) is 3.25. The Balaban J connectivity index is 1.42. The van der Waals surface area contributed by atoms with E-state index in [9.17, 15) is 4.79 Å². The van der Waals surface area contributed by atoms with Crippen LogP contribution in [0, 0.1) is 0 Å². The van der Waals surface area contributed by atoms with Gasteiger partial charge in [-0.1, -0.05) is 35.4 Å². The average Bonchev–Trinajstić information content (AvgIpc) is 2.93. The number of ether oxygens (including phenoxy) is 1. The Morgan fingerprint density at radius 3 is 2.60 bits per heavy atom. The third-order valence-corrected chi connectivity index (χ3v) is 7.19. The predicted octanol–water partition coefficient (Wildman–Crippen LogP) is 2.11. The van der Waals surface area contributed by atoms with Crippen molar-refractivity contribution >= 4 is 28.5 Å². The fraction of sp³-hybridized carbons (Fsp3) is 0.818. The van der Waals surface area contributed by atoms with Crippen molar-refractivity contribution in [1.29, 1.82) is 0 Å². The van der Waals surface area contributed by atoms with Gasteiger partial charge >= 0.3 is 0 Å². The van der Waals surface area contributed by atoms with Gasteiger partial charge in [0.15, 0.2) is 5.69 Å². The molecule has 2 aliphatic heterocycles. The quantitative estimate of drug-likeness (QED) is 0.433. The Hall–Kier alpha value is -0.710. The summed E-state index contributed by atoms with van der Waals surface area (Å²) in [5.74, 6) is 0.161. The second-order valence-corrected chi connectivity index (χ2v) is 9.82. The van der Waals surface area contributed by atoms with Crippen LogP contribution < -0.4 is 5.32 Å². The Bertz CT molecular complexity index is 696. The van der Waals surface area contributed by atoms with E-state index in [2.05, 4.69) is 42.4 Å². The second-order valence-electron chi connectivity index (χ2n) is 8.74. The van der Waals surface area contributed by atoms with Crippen molar-refractivity contribution in [3.63, 3.8) is 0 Å². The zero-order chi connectivity index (χ0) is 20.8. The van der Waals surface area contributed by atoms with Crippen molar-refractivity contribution < 1.29 is 9.53 Å². The number of carbonyl (C=O) groups is 1. The molecule has 0 radical (unpaired) electrons. The van der Waals surface area contributed by atoms with Crippen molar-refractivity contribution in [1.82, 2.24) is 24.9 Å². The van der Waals surface area contributed by atoms with Crippen LogP contribution in [-0.4, -0.2) is 88.4 Å². The fourth-order valence-electron chi connectivity index (χ4n) is 4.97. The van der Waals surface area contributed by atoms with Gasteiger partial charge in [0.05, 0.1) is 19.8 Å². The Labute approximate surface area is 194 Å². The van der Waals surface area contributed by atoms with Crippen LogP contribution in [0.15, 0.2) is 0 Å². The molecule has 8 heteroatoms. The van der Waals surface area contributed by atoms with E-state index < -0.39 is 0 Å². The monoisotopic (exact) mass is 529 g/mol. The number of aromatic nitrogens is 2. The summed E-state index contributed by atoms with van der Waals surface area (Å²) in [4.78, 5) is 17.9. The number of morpholine rings is 1. The molecule has 0 saturated carbocycles. The highest BCUT2D eigenvalue weighted by molar-refractivity contribution is 14.1. The number of aryl methyl sites for hydroxylation is 1. The van der Waals surface area contributed by atoms with Crippen LogP contribution in [0.1, 0.15) is 53.8 Å². The zero-order valence-electron chi connectivity index (χ0n) is 18.1. The van der Waals surface area contributed by atoms with E-state index in [1.165, 1.54) is 24.1 Å². The van der Waals surface area contributed by atoms with Gasteiger partial charge in [0.2, 0.25) is 0 Å². The first-order valence-corrected chi connectivity index (χ1v) is 13.3. The SMILES string of the molecule is O=C(c1nn(CCI)c2c1CC(NCCN1CCOCC1)CC2)N1CCCCCC1. The molecule has 1 aromatic rings. The van der Waals surface area contributed by atoms with E-state index in [0.29, 0.717) is 6.04 Å². The molecule has 2 saturated heterocycles. The first-order chi connectivity index (χ1) is 14.8. The molecule has 2 fully saturated rings. The molecular weight excluding hydrogens is 493 g/mol. The van der Waals surface area contributed by atoms with Crippen LogP contribution in [0.2, 0.25) is 0 Å². The highest BCUT2D eigenvalue weighted by Gasteiger charge is 2.31. The molecule has 30 heavy (non-hydrogen) atoms. The molecule has 1 amide bonds. The molecule has 1 N–H and O–H groups in total. The molecule has 1 unspecified atom stereocenters. The maximum atomic E-state index is 13.4. The van der Waals surface area contributed by atoms with Gasteiger partial charge in [-0.05, 0) is 32.1 Å². The lowest BCUT2D eigenvalue weighted by Crippen LogP contribution is -2.43. The van der Waals surface area contributed by atoms with Gasteiger partial charge in [-0.15, -0.1) is 0 Å². The summed E-state index contributed by atoms with van der Waals surface area (Å²) in [6.45, 7) is 8.50. The summed E-state index contributed by atoms with van der Waals surface area (Å²) in [7, 11) is 0. The highest BCUT2D eigenvalue weighted by Crippen LogP contribution is 2.27. The van der Waals surface area contributed by atoms with E-state index in [1.54, 1.807) is 0 Å². The Morgan fingerprint density at radius 1 is 1.10 bits per heavy atom. The molecule has 1 atom stereocenters. The minimum absolute atomic E-state index is 0.161. The molecule has 1 aromatic heterocycles. The van der Waals surface area contributed by atoms with Gasteiger partial charge in [0.25, 0.3) is 5.91 Å². The Kier molecular flexibility index (Phi) is 8.43. The van der Waals surface area contributed by atoms with Gasteiger partial charge in [0.1, 0.15) is 0 Å². The number of carbonyl (C=O) groups excluding carboxylic acids is 1. The number of rotatable bonds is 7. The number of likely N-dealkylation sites (tertiary alicyclic amines) is 1. The molecule has 0 spiro atoms. The summed E-state index contributed by atoms with van der Waals surface area (Å²) < 4.78 is 8.58. The maximum Gasteiger partial charge on any atom is 0.274 e. The van der Waals surface area contributed by atoms with Crippen molar-refractivity contribution in [2.45, 2.75) is 57.5 Å². The molecule has 0 aromatic carbocycles. The molecule has 3 heterocycles. The van der Waals surface area contributed by atoms with Gasteiger partial charge in [-0.25, -0.2) is 0 Å². The highest BCUT2D eigenvalue weighted by atomic mass is 127. The molecule has 168 valence electrons. The molecule has 1 aliphatic carbocycles. The first kappa shape index (κ1) is 22.5. The number of hydrogen-bond donors (Lipinski definition) is 1. The van der Waals surface area contributed by atoms with E-state index in [-0.39, 0.29) is 5.91 Å². The lowest BCUT2D eigenvalue weighted by atomic mass is 9.91. The smallest absolute Gasteiger partial charge is 0.274 e. The normalized spacial score (nSPS) is 23.2. The Morgan fingerprint density at radius 2 is 1.87 bits per heavy atom. The minimum Gasteiger partial charge on any atom is -0.379 e. The number of fused-ring (bicyclic) bond motifs is 1. The van der Waals surface area contributed by atoms with Crippen molar-refractivity contribution in [3.05, 3.63) is 17.0 Å². The topological polar surface area (TPSA) is 62.6 Å². The number of nitrogens with zero attached hydrogens (tertiary/aromatic N) is 4. The van der Waals surface area contributed by atoms with Gasteiger partial charge in [-0.3, -0.25) is 14.4 Å². The molecule has 4 rings (SSSR count). The van der Waals surface area contributed by atoms with Crippen LogP contribution in [0.4, 0.5) is 0 Å².